The fraction of sp³-hybridized carbons (Fsp3) is 0.107. The van der Waals surface area contributed by atoms with E-state index >= 15 is 0 Å². The third-order valence-electron chi connectivity index (χ3n) is 6.31. The van der Waals surface area contributed by atoms with E-state index < -0.39 is 28.4 Å². The molecular formula is C28H24F3O5PS. The Balaban J connectivity index is 2.17. The van der Waals surface area contributed by atoms with Crippen LogP contribution in [0.3, 0.4) is 0 Å². The fourth-order valence-corrected chi connectivity index (χ4v) is 12.7. The Morgan fingerprint density at radius 2 is 1.11 bits per heavy atom. The van der Waals surface area contributed by atoms with Crippen LogP contribution >= 0.6 is 6.83 Å². The molecule has 0 aliphatic rings. The minimum absolute atomic E-state index is 0.236. The van der Waals surface area contributed by atoms with Gasteiger partial charge in [0, 0.05) is 0 Å². The van der Waals surface area contributed by atoms with Gasteiger partial charge in [-0.05, 0) is 0 Å². The second kappa shape index (κ2) is 10.3. The summed E-state index contributed by atoms with van der Waals surface area (Å²) in [6.07, 6.45) is -0.236. The maximum atomic E-state index is 14.1. The molecule has 4 aromatic rings. The molecule has 0 aliphatic carbocycles. The summed E-state index contributed by atoms with van der Waals surface area (Å²) in [7, 11) is -4.89. The van der Waals surface area contributed by atoms with E-state index in [1.54, 1.807) is 103 Å². The van der Waals surface area contributed by atoms with E-state index in [1.807, 2.05) is 0 Å². The van der Waals surface area contributed by atoms with Crippen LogP contribution < -0.4 is 15.9 Å². The van der Waals surface area contributed by atoms with Crippen molar-refractivity contribution in [2.24, 2.45) is 0 Å². The number of ether oxygens (including phenoxy) is 1. The van der Waals surface area contributed by atoms with Gasteiger partial charge in [-0.1, -0.05) is 0 Å². The number of carbonyl (C=O) groups is 1. The van der Waals surface area contributed by atoms with E-state index in [0.29, 0.717) is 21.5 Å². The molecule has 0 heterocycles. The second-order valence-electron chi connectivity index (χ2n) is 8.54. The van der Waals surface area contributed by atoms with E-state index in [4.69, 9.17) is 8.71 Å². The zero-order valence-corrected chi connectivity index (χ0v) is 21.9. The second-order valence-corrected chi connectivity index (χ2v) is 14.8. The van der Waals surface area contributed by atoms with Crippen molar-refractivity contribution in [1.29, 1.82) is 0 Å². The first kappa shape index (κ1) is 27.5. The molecule has 0 N–H and O–H groups in total. The summed E-state index contributed by atoms with van der Waals surface area (Å²) < 4.78 is 78.6. The van der Waals surface area contributed by atoms with Crippen LogP contribution in [0, 0.1) is 0 Å². The molecule has 4 rings (SSSR count). The fourth-order valence-electron chi connectivity index (χ4n) is 4.58. The van der Waals surface area contributed by atoms with Crippen molar-refractivity contribution >= 4 is 38.8 Å². The molecule has 4 aromatic carbocycles. The number of halogens is 3. The van der Waals surface area contributed by atoms with Crippen LogP contribution in [0.2, 0.25) is 0 Å². The van der Waals surface area contributed by atoms with Crippen molar-refractivity contribution < 1.29 is 35.1 Å². The van der Waals surface area contributed by atoms with Crippen molar-refractivity contribution in [1.82, 2.24) is 0 Å². The van der Waals surface area contributed by atoms with E-state index in [1.165, 1.54) is 19.2 Å². The van der Waals surface area contributed by atoms with E-state index in [0.717, 1.165) is 0 Å². The van der Waals surface area contributed by atoms with Gasteiger partial charge in [-0.25, -0.2) is 0 Å². The van der Waals surface area contributed by atoms with Crippen molar-refractivity contribution in [3.8, 4) is 0 Å². The molecule has 0 aromatic heterocycles. The summed E-state index contributed by atoms with van der Waals surface area (Å²) in [5.74, 6) is -0.584. The molecule has 0 saturated heterocycles. The standard InChI is InChI=1S/C28H24F3O5PS/c1-35-27(32)23-19-17-22(18-20-23)21-37(24-11-5-2-6-12-24,25-13-7-3-8-14-25,26-15-9-4-10-16-26)36-38(33,34)28(29,30)31/h2-20H,21H2,1H3. The molecular weight excluding hydrogens is 536 g/mol. The van der Waals surface area contributed by atoms with Crippen LogP contribution in [0.1, 0.15) is 15.9 Å². The monoisotopic (exact) mass is 560 g/mol. The summed E-state index contributed by atoms with van der Waals surface area (Å²) in [4.78, 5) is 12.0. The average molecular weight is 561 g/mol. The molecule has 0 unspecified atom stereocenters. The van der Waals surface area contributed by atoms with Crippen LogP contribution in [0.25, 0.3) is 0 Å². The Kier molecular flexibility index (Phi) is 7.48. The molecule has 0 aliphatic heterocycles. The minimum atomic E-state index is -6.12. The van der Waals surface area contributed by atoms with Crippen LogP contribution in [-0.4, -0.2) is 27.0 Å². The van der Waals surface area contributed by atoms with Crippen LogP contribution in [0.5, 0.6) is 0 Å². The number of hydrogen-bond donors (Lipinski definition) is 0. The van der Waals surface area contributed by atoms with Gasteiger partial charge in [0.05, 0.1) is 0 Å². The summed E-state index contributed by atoms with van der Waals surface area (Å²) in [5.41, 5.74) is -4.98. The topological polar surface area (TPSA) is 69.7 Å². The number of hydrogen-bond acceptors (Lipinski definition) is 5. The molecule has 0 atom stereocenters. The summed E-state index contributed by atoms with van der Waals surface area (Å²) >= 11 is 0. The van der Waals surface area contributed by atoms with Crippen LogP contribution in [0.4, 0.5) is 13.2 Å². The Bertz CT molecular complexity index is 1410. The summed E-state index contributed by atoms with van der Waals surface area (Å²) in [6, 6.07) is 30.5. The number of esters is 1. The molecule has 38 heavy (non-hydrogen) atoms. The number of benzene rings is 4. The van der Waals surface area contributed by atoms with Gasteiger partial charge in [-0.2, -0.15) is 0 Å². The Hall–Kier alpha value is -3.52. The maximum absolute atomic E-state index is 14.1. The Morgan fingerprint density at radius 3 is 1.45 bits per heavy atom. The number of methoxy groups -OCH3 is 1. The molecule has 0 saturated carbocycles. The Morgan fingerprint density at radius 1 is 0.711 bits per heavy atom. The molecule has 10 heteroatoms. The number of rotatable bonds is 8. The zero-order chi connectivity index (χ0) is 27.5. The molecule has 0 amide bonds. The van der Waals surface area contributed by atoms with Crippen molar-refractivity contribution in [2.75, 3.05) is 7.11 Å². The first-order valence-electron chi connectivity index (χ1n) is 11.4. The summed E-state index contributed by atoms with van der Waals surface area (Å²) in [6.45, 7) is -4.97. The van der Waals surface area contributed by atoms with Crippen molar-refractivity contribution in [3.05, 3.63) is 126 Å². The van der Waals surface area contributed by atoms with Crippen molar-refractivity contribution in [2.45, 2.75) is 11.7 Å². The normalized spacial score (nSPS) is 13.3. The predicted octanol–water partition coefficient (Wildman–Crippen LogP) is 5.28. The van der Waals surface area contributed by atoms with Gasteiger partial charge in [-0.15, -0.1) is 0 Å². The van der Waals surface area contributed by atoms with Gasteiger partial charge in [-0.3, -0.25) is 0 Å². The van der Waals surface area contributed by atoms with E-state index in [9.17, 15) is 26.4 Å². The predicted molar refractivity (Wildman–Crippen MR) is 143 cm³/mol. The molecule has 0 bridgehead atoms. The number of carbonyl (C=O) groups excluding carboxylic acids is 1. The van der Waals surface area contributed by atoms with Gasteiger partial charge in [0.2, 0.25) is 0 Å². The first-order chi connectivity index (χ1) is 18.0. The average Bonchev–Trinajstić information content (AvgIpc) is 2.93. The Labute approximate surface area is 219 Å². The molecule has 0 fully saturated rings. The van der Waals surface area contributed by atoms with E-state index in [2.05, 4.69) is 0 Å². The molecule has 198 valence electrons. The third-order valence-corrected chi connectivity index (χ3v) is 14.1. The zero-order valence-electron chi connectivity index (χ0n) is 20.2. The van der Waals surface area contributed by atoms with E-state index in [-0.39, 0.29) is 11.7 Å². The molecule has 0 spiro atoms. The van der Waals surface area contributed by atoms with Gasteiger partial charge in [0.1, 0.15) is 0 Å². The third kappa shape index (κ3) is 4.73. The SMILES string of the molecule is COC(=O)c1ccc(CP(OS(=O)(=O)C(F)(F)F)(c2ccccc2)(c2ccccc2)c2ccccc2)cc1. The van der Waals surface area contributed by atoms with Gasteiger partial charge < -0.3 is 0 Å². The molecule has 5 nitrogen and oxygen atoms in total. The molecule has 0 radical (unpaired) electrons. The van der Waals surface area contributed by atoms with Gasteiger partial charge in [0.15, 0.2) is 0 Å². The number of alkyl halides is 3. The first-order valence-corrected chi connectivity index (χ1v) is 15.2. The van der Waals surface area contributed by atoms with Crippen LogP contribution in [-0.2, 0) is 25.0 Å². The van der Waals surface area contributed by atoms with Gasteiger partial charge >= 0.3 is 219 Å². The summed E-state index contributed by atoms with van der Waals surface area (Å²) in [5, 5.41) is 0.877. The van der Waals surface area contributed by atoms with Crippen molar-refractivity contribution in [3.63, 3.8) is 0 Å². The quantitative estimate of drug-likeness (QED) is 0.167. The van der Waals surface area contributed by atoms with Crippen LogP contribution in [0.15, 0.2) is 115 Å². The van der Waals surface area contributed by atoms with Gasteiger partial charge in [0.25, 0.3) is 0 Å².